The molecule has 0 N–H and O–H groups in total. The maximum Gasteiger partial charge on any atom is 0.237 e. The molecule has 0 aliphatic carbocycles. The average molecular weight is 420 g/mol. The molecule has 0 radical (unpaired) electrons. The number of aromatic nitrogens is 5. The van der Waals surface area contributed by atoms with Gasteiger partial charge in [0.05, 0.1) is 6.54 Å². The van der Waals surface area contributed by atoms with E-state index in [2.05, 4.69) is 15.1 Å². The van der Waals surface area contributed by atoms with Crippen LogP contribution in [0.4, 0.5) is 0 Å². The van der Waals surface area contributed by atoms with E-state index in [9.17, 15) is 4.79 Å². The second-order valence-electron chi connectivity index (χ2n) is 8.51. The molecule has 8 nitrogen and oxygen atoms in total. The summed E-state index contributed by atoms with van der Waals surface area (Å²) in [7, 11) is 1.97. The van der Waals surface area contributed by atoms with E-state index in [1.54, 1.807) is 6.33 Å². The molecule has 0 spiro atoms. The molecular weight excluding hydrogens is 390 g/mol. The summed E-state index contributed by atoms with van der Waals surface area (Å²) < 4.78 is 3.89. The van der Waals surface area contributed by atoms with Gasteiger partial charge in [-0.1, -0.05) is 31.0 Å². The lowest BCUT2D eigenvalue weighted by Crippen LogP contribution is -2.43. The second kappa shape index (κ2) is 8.63. The second-order valence-corrected chi connectivity index (χ2v) is 8.51. The highest BCUT2D eigenvalue weighted by molar-refractivity contribution is 5.79. The van der Waals surface area contributed by atoms with Crippen LogP contribution >= 0.6 is 0 Å². The van der Waals surface area contributed by atoms with Crippen molar-refractivity contribution in [3.63, 3.8) is 0 Å². The number of rotatable bonds is 4. The Bertz CT molecular complexity index is 1050. The maximum absolute atomic E-state index is 13.1. The minimum Gasteiger partial charge on any atom is -0.337 e. The van der Waals surface area contributed by atoms with Gasteiger partial charge in [0.25, 0.3) is 0 Å². The van der Waals surface area contributed by atoms with Crippen LogP contribution in [0.2, 0.25) is 0 Å². The van der Waals surface area contributed by atoms with E-state index in [-0.39, 0.29) is 5.91 Å². The van der Waals surface area contributed by atoms with Crippen LogP contribution < -0.4 is 0 Å². The summed E-state index contributed by atoms with van der Waals surface area (Å²) in [6.45, 7) is 3.90. The van der Waals surface area contributed by atoms with Gasteiger partial charge >= 0.3 is 0 Å². The van der Waals surface area contributed by atoms with Crippen molar-refractivity contribution >= 4 is 5.91 Å². The van der Waals surface area contributed by atoms with Gasteiger partial charge in [-0.25, -0.2) is 0 Å². The van der Waals surface area contributed by atoms with Crippen LogP contribution in [0.1, 0.15) is 36.9 Å². The van der Waals surface area contributed by atoms with Crippen molar-refractivity contribution in [1.29, 1.82) is 0 Å². The van der Waals surface area contributed by atoms with Crippen LogP contribution in [0, 0.1) is 0 Å². The highest BCUT2D eigenvalue weighted by atomic mass is 16.2. The summed E-state index contributed by atoms with van der Waals surface area (Å²) >= 11 is 0. The predicted octanol–water partition coefficient (Wildman–Crippen LogP) is 2.43. The van der Waals surface area contributed by atoms with Crippen LogP contribution in [0.3, 0.4) is 0 Å². The first kappa shape index (κ1) is 19.9. The number of nitrogens with zero attached hydrogens (tertiary/aromatic N) is 7. The smallest absolute Gasteiger partial charge is 0.237 e. The molecule has 8 heteroatoms. The highest BCUT2D eigenvalue weighted by Gasteiger charge is 2.30. The van der Waals surface area contributed by atoms with Gasteiger partial charge in [-0.2, -0.15) is 5.10 Å². The average Bonchev–Trinajstić information content (AvgIpc) is 3.31. The van der Waals surface area contributed by atoms with Crippen molar-refractivity contribution in [3.8, 4) is 17.2 Å². The Balaban J connectivity index is 1.40. The molecule has 0 saturated carbocycles. The van der Waals surface area contributed by atoms with E-state index in [1.807, 2.05) is 51.5 Å². The third-order valence-corrected chi connectivity index (χ3v) is 6.45. The van der Waals surface area contributed by atoms with Crippen LogP contribution in [0.25, 0.3) is 17.2 Å². The highest BCUT2D eigenvalue weighted by Crippen LogP contribution is 2.30. The van der Waals surface area contributed by atoms with Crippen LogP contribution in [0.15, 0.2) is 36.7 Å². The number of amides is 1. The van der Waals surface area contributed by atoms with E-state index in [4.69, 9.17) is 5.10 Å². The Morgan fingerprint density at radius 1 is 1.03 bits per heavy atom. The number of aryl methyl sites for hydroxylation is 1. The lowest BCUT2D eigenvalue weighted by molar-refractivity contribution is -0.133. The zero-order chi connectivity index (χ0) is 21.2. The number of carbonyl (C=O) groups is 1. The SMILES string of the molecule is Cn1nc(-c2nncn2-c2ccccc2)c2c1CCN(C(=O)CN1CCCCCC1)C2. The van der Waals surface area contributed by atoms with Gasteiger partial charge in [-0.3, -0.25) is 18.9 Å². The predicted molar refractivity (Wildman–Crippen MR) is 118 cm³/mol. The number of carbonyl (C=O) groups excluding carboxylic acids is 1. The molecule has 2 aliphatic rings. The van der Waals surface area contributed by atoms with Gasteiger partial charge in [-0.15, -0.1) is 10.2 Å². The fourth-order valence-electron chi connectivity index (χ4n) is 4.74. The fraction of sp³-hybridized carbons (Fsp3) is 0.478. The van der Waals surface area contributed by atoms with Gasteiger partial charge in [0.15, 0.2) is 5.82 Å². The zero-order valence-corrected chi connectivity index (χ0v) is 18.1. The Hall–Kier alpha value is -3.00. The Kier molecular flexibility index (Phi) is 5.55. The third-order valence-electron chi connectivity index (χ3n) is 6.45. The van der Waals surface area contributed by atoms with E-state index in [0.717, 1.165) is 43.0 Å². The summed E-state index contributed by atoms with van der Waals surface area (Å²) in [6.07, 6.45) is 7.47. The van der Waals surface area contributed by atoms with E-state index in [0.29, 0.717) is 18.9 Å². The van der Waals surface area contributed by atoms with E-state index < -0.39 is 0 Å². The largest absolute Gasteiger partial charge is 0.337 e. The van der Waals surface area contributed by atoms with Crippen molar-refractivity contribution < 1.29 is 4.79 Å². The molecular formula is C23H29N7O. The minimum absolute atomic E-state index is 0.215. The topological polar surface area (TPSA) is 72.1 Å². The van der Waals surface area contributed by atoms with Gasteiger partial charge in [-0.05, 0) is 38.1 Å². The summed E-state index contributed by atoms with van der Waals surface area (Å²) in [4.78, 5) is 17.4. The van der Waals surface area contributed by atoms with E-state index in [1.165, 1.54) is 31.4 Å². The molecule has 2 aromatic heterocycles. The zero-order valence-electron chi connectivity index (χ0n) is 18.1. The molecule has 1 aromatic carbocycles. The number of likely N-dealkylation sites (tertiary alicyclic amines) is 1. The number of fused-ring (bicyclic) bond motifs is 1. The Labute approximate surface area is 182 Å². The lowest BCUT2D eigenvalue weighted by Gasteiger charge is -2.30. The molecule has 3 aromatic rings. The number of hydrogen-bond donors (Lipinski definition) is 0. The molecule has 31 heavy (non-hydrogen) atoms. The first-order chi connectivity index (χ1) is 15.2. The summed E-state index contributed by atoms with van der Waals surface area (Å²) in [5.41, 5.74) is 4.07. The van der Waals surface area contributed by atoms with Gasteiger partial charge in [0.1, 0.15) is 12.0 Å². The van der Waals surface area contributed by atoms with Gasteiger partial charge in [0.2, 0.25) is 5.91 Å². The molecule has 2 aliphatic heterocycles. The van der Waals surface area contributed by atoms with Crippen molar-refractivity contribution in [1.82, 2.24) is 34.3 Å². The molecule has 1 fully saturated rings. The lowest BCUT2D eigenvalue weighted by atomic mass is 10.0. The van der Waals surface area contributed by atoms with E-state index >= 15 is 0 Å². The van der Waals surface area contributed by atoms with Crippen molar-refractivity contribution in [2.24, 2.45) is 7.05 Å². The van der Waals surface area contributed by atoms with Crippen molar-refractivity contribution in [2.45, 2.75) is 38.6 Å². The number of benzene rings is 1. The summed E-state index contributed by atoms with van der Waals surface area (Å²) in [5.74, 6) is 0.928. The summed E-state index contributed by atoms with van der Waals surface area (Å²) in [6, 6.07) is 10.0. The molecule has 0 unspecified atom stereocenters. The number of para-hydroxylation sites is 1. The molecule has 162 valence electrons. The van der Waals surface area contributed by atoms with Crippen LogP contribution in [0.5, 0.6) is 0 Å². The maximum atomic E-state index is 13.1. The first-order valence-electron chi connectivity index (χ1n) is 11.2. The Morgan fingerprint density at radius 3 is 2.58 bits per heavy atom. The van der Waals surface area contributed by atoms with Gasteiger partial charge < -0.3 is 4.90 Å². The molecule has 4 heterocycles. The van der Waals surface area contributed by atoms with Crippen molar-refractivity contribution in [2.75, 3.05) is 26.2 Å². The van der Waals surface area contributed by atoms with Crippen LogP contribution in [-0.4, -0.2) is 66.4 Å². The van der Waals surface area contributed by atoms with Gasteiger partial charge in [0, 0.05) is 43.5 Å². The minimum atomic E-state index is 0.215. The first-order valence-corrected chi connectivity index (χ1v) is 11.2. The fourth-order valence-corrected chi connectivity index (χ4v) is 4.74. The molecule has 1 saturated heterocycles. The summed E-state index contributed by atoms with van der Waals surface area (Å²) in [5, 5.41) is 13.3. The standard InChI is InChI=1S/C23H29N7O/c1-27-20-11-14-29(21(31)16-28-12-7-2-3-8-13-28)15-19(20)22(26-27)23-25-24-17-30(23)18-9-5-4-6-10-18/h4-6,9-10,17H,2-3,7-8,11-16H2,1H3. The Morgan fingerprint density at radius 2 is 1.81 bits per heavy atom. The third kappa shape index (κ3) is 3.99. The molecule has 1 amide bonds. The molecule has 5 rings (SSSR count). The molecule has 0 bridgehead atoms. The van der Waals surface area contributed by atoms with Crippen LogP contribution in [-0.2, 0) is 24.8 Å². The monoisotopic (exact) mass is 419 g/mol. The van der Waals surface area contributed by atoms with Crippen molar-refractivity contribution in [3.05, 3.63) is 47.9 Å². The normalized spacial score (nSPS) is 17.4. The quantitative estimate of drug-likeness (QED) is 0.650. The molecule has 0 atom stereocenters. The number of hydrogen-bond acceptors (Lipinski definition) is 5.